The van der Waals surface area contributed by atoms with Crippen molar-refractivity contribution >= 4 is 9.84 Å². The topological polar surface area (TPSA) is 69.2 Å². The number of sulfone groups is 1. The van der Waals surface area contributed by atoms with Gasteiger partial charge in [-0.05, 0) is 18.9 Å². The molecule has 1 aliphatic rings. The maximum atomic E-state index is 11.6. The van der Waals surface area contributed by atoms with Gasteiger partial charge in [0.25, 0.3) is 0 Å². The molecule has 16 heavy (non-hydrogen) atoms. The minimum Gasteiger partial charge on any atom is -0.480 e. The van der Waals surface area contributed by atoms with Crippen LogP contribution in [0.1, 0.15) is 18.5 Å². The molecule has 1 fully saturated rings. The van der Waals surface area contributed by atoms with Crippen molar-refractivity contribution in [2.45, 2.75) is 24.5 Å². The summed E-state index contributed by atoms with van der Waals surface area (Å²) in [5, 5.41) is 7.48. The molecule has 2 rings (SSSR count). The Hall–Kier alpha value is -1.17. The van der Waals surface area contributed by atoms with Crippen molar-refractivity contribution in [3.8, 4) is 5.88 Å². The lowest BCUT2D eigenvalue weighted by molar-refractivity contribution is 0.391. The van der Waals surface area contributed by atoms with Crippen molar-refractivity contribution in [1.29, 1.82) is 0 Å². The molecule has 1 aromatic rings. The average molecular weight is 242 g/mol. The normalized spacial score (nSPS) is 23.2. The number of methoxy groups -OCH3 is 1. The van der Waals surface area contributed by atoms with Gasteiger partial charge in [-0.15, -0.1) is 5.10 Å². The van der Waals surface area contributed by atoms with Gasteiger partial charge in [0.1, 0.15) is 0 Å². The summed E-state index contributed by atoms with van der Waals surface area (Å²) in [5.41, 5.74) is 0.705. The molecule has 88 valence electrons. The van der Waals surface area contributed by atoms with E-state index in [9.17, 15) is 8.42 Å². The molecule has 0 saturated carbocycles. The van der Waals surface area contributed by atoms with Crippen LogP contribution in [0, 0.1) is 0 Å². The lowest BCUT2D eigenvalue weighted by atomic mass is 10.1. The van der Waals surface area contributed by atoms with Crippen LogP contribution >= 0.6 is 0 Å². The molecule has 6 heteroatoms. The largest absolute Gasteiger partial charge is 0.480 e. The van der Waals surface area contributed by atoms with Crippen molar-refractivity contribution in [3.63, 3.8) is 0 Å². The Morgan fingerprint density at radius 1 is 1.44 bits per heavy atom. The standard InChI is InChI=1S/C10H14N2O3S/c1-15-10-5-4-8(11-12-10)7-9-3-2-6-16(9,13)14/h4-5,9H,2-3,6-7H2,1H3. The fraction of sp³-hybridized carbons (Fsp3) is 0.600. The zero-order chi connectivity index (χ0) is 11.6. The van der Waals surface area contributed by atoms with Gasteiger partial charge in [-0.1, -0.05) is 0 Å². The van der Waals surface area contributed by atoms with Gasteiger partial charge >= 0.3 is 0 Å². The molecule has 1 unspecified atom stereocenters. The predicted molar refractivity (Wildman–Crippen MR) is 59.1 cm³/mol. The van der Waals surface area contributed by atoms with Crippen LogP contribution in [0.25, 0.3) is 0 Å². The zero-order valence-electron chi connectivity index (χ0n) is 9.09. The summed E-state index contributed by atoms with van der Waals surface area (Å²) in [6, 6.07) is 3.46. The first-order valence-corrected chi connectivity index (χ1v) is 6.91. The SMILES string of the molecule is COc1ccc(CC2CCCS2(=O)=O)nn1. The van der Waals surface area contributed by atoms with Crippen LogP contribution in [-0.4, -0.2) is 36.7 Å². The molecule has 1 aromatic heterocycles. The highest BCUT2D eigenvalue weighted by molar-refractivity contribution is 7.92. The number of aromatic nitrogens is 2. The van der Waals surface area contributed by atoms with Gasteiger partial charge in [0, 0.05) is 12.5 Å². The van der Waals surface area contributed by atoms with E-state index in [1.165, 1.54) is 7.11 Å². The first kappa shape index (κ1) is 11.3. The van der Waals surface area contributed by atoms with Crippen molar-refractivity contribution in [2.75, 3.05) is 12.9 Å². The number of hydrogen-bond acceptors (Lipinski definition) is 5. The second kappa shape index (κ2) is 4.37. The third-order valence-electron chi connectivity index (χ3n) is 2.80. The fourth-order valence-corrected chi connectivity index (χ4v) is 3.74. The molecule has 1 atom stereocenters. The summed E-state index contributed by atoms with van der Waals surface area (Å²) in [7, 11) is -1.38. The van der Waals surface area contributed by atoms with Gasteiger partial charge in [-0.25, -0.2) is 8.42 Å². The van der Waals surface area contributed by atoms with Crippen molar-refractivity contribution in [2.24, 2.45) is 0 Å². The van der Waals surface area contributed by atoms with Crippen LogP contribution < -0.4 is 4.74 Å². The Morgan fingerprint density at radius 3 is 2.75 bits per heavy atom. The van der Waals surface area contributed by atoms with E-state index in [0.717, 1.165) is 12.8 Å². The smallest absolute Gasteiger partial charge is 0.233 e. The molecule has 2 heterocycles. The number of nitrogens with zero attached hydrogens (tertiary/aromatic N) is 2. The molecular weight excluding hydrogens is 228 g/mol. The third kappa shape index (κ3) is 2.32. The number of hydrogen-bond donors (Lipinski definition) is 0. The zero-order valence-corrected chi connectivity index (χ0v) is 9.90. The monoisotopic (exact) mass is 242 g/mol. The number of ether oxygens (including phenoxy) is 1. The Labute approximate surface area is 94.8 Å². The van der Waals surface area contributed by atoms with Gasteiger partial charge in [0.15, 0.2) is 9.84 Å². The quantitative estimate of drug-likeness (QED) is 0.776. The van der Waals surface area contributed by atoms with Crippen LogP contribution in [0.3, 0.4) is 0 Å². The van der Waals surface area contributed by atoms with Crippen LogP contribution in [0.15, 0.2) is 12.1 Å². The van der Waals surface area contributed by atoms with Crippen molar-refractivity contribution in [3.05, 3.63) is 17.8 Å². The molecule has 1 aliphatic heterocycles. The summed E-state index contributed by atoms with van der Waals surface area (Å²) in [6.07, 6.45) is 1.95. The molecule has 0 bridgehead atoms. The van der Waals surface area contributed by atoms with Crippen molar-refractivity contribution in [1.82, 2.24) is 10.2 Å². The first-order chi connectivity index (χ1) is 7.62. The van der Waals surface area contributed by atoms with Gasteiger partial charge < -0.3 is 4.74 Å². The van der Waals surface area contributed by atoms with E-state index in [0.29, 0.717) is 23.7 Å². The molecule has 0 aromatic carbocycles. The van der Waals surface area contributed by atoms with Crippen molar-refractivity contribution < 1.29 is 13.2 Å². The lowest BCUT2D eigenvalue weighted by Crippen LogP contribution is -2.19. The molecule has 0 aliphatic carbocycles. The average Bonchev–Trinajstić information content (AvgIpc) is 2.59. The second-order valence-corrected chi connectivity index (χ2v) is 6.30. The highest BCUT2D eigenvalue weighted by atomic mass is 32.2. The minimum atomic E-state index is -2.90. The van der Waals surface area contributed by atoms with E-state index >= 15 is 0 Å². The van der Waals surface area contributed by atoms with Crippen LogP contribution in [0.2, 0.25) is 0 Å². The van der Waals surface area contributed by atoms with Gasteiger partial charge in [0.05, 0.1) is 23.8 Å². The van der Waals surface area contributed by atoms with E-state index in [1.54, 1.807) is 12.1 Å². The molecular formula is C10H14N2O3S. The highest BCUT2D eigenvalue weighted by Crippen LogP contribution is 2.23. The summed E-state index contributed by atoms with van der Waals surface area (Å²) < 4.78 is 28.1. The first-order valence-electron chi connectivity index (χ1n) is 5.20. The summed E-state index contributed by atoms with van der Waals surface area (Å²) >= 11 is 0. The van der Waals surface area contributed by atoms with Gasteiger partial charge in [-0.3, -0.25) is 0 Å². The van der Waals surface area contributed by atoms with Crippen LogP contribution in [0.4, 0.5) is 0 Å². The van der Waals surface area contributed by atoms with Gasteiger partial charge in [0.2, 0.25) is 5.88 Å². The Bertz CT molecular complexity index is 455. The van der Waals surface area contributed by atoms with E-state index in [-0.39, 0.29) is 5.25 Å². The number of rotatable bonds is 3. The van der Waals surface area contributed by atoms with Gasteiger partial charge in [-0.2, -0.15) is 5.10 Å². The maximum absolute atomic E-state index is 11.6. The molecule has 1 saturated heterocycles. The van der Waals surface area contributed by atoms with Crippen LogP contribution in [-0.2, 0) is 16.3 Å². The Balaban J connectivity index is 2.09. The Morgan fingerprint density at radius 2 is 2.25 bits per heavy atom. The van der Waals surface area contributed by atoms with Crippen LogP contribution in [0.5, 0.6) is 5.88 Å². The lowest BCUT2D eigenvalue weighted by Gasteiger charge is -2.07. The molecule has 0 amide bonds. The summed E-state index contributed by atoms with van der Waals surface area (Å²) in [6.45, 7) is 0. The molecule has 0 spiro atoms. The van der Waals surface area contributed by atoms with E-state index in [1.807, 2.05) is 0 Å². The molecule has 5 nitrogen and oxygen atoms in total. The highest BCUT2D eigenvalue weighted by Gasteiger charge is 2.31. The fourth-order valence-electron chi connectivity index (χ4n) is 1.89. The molecule has 0 radical (unpaired) electrons. The summed E-state index contributed by atoms with van der Waals surface area (Å²) in [4.78, 5) is 0. The van der Waals surface area contributed by atoms with E-state index < -0.39 is 9.84 Å². The summed E-state index contributed by atoms with van der Waals surface area (Å²) in [5.74, 6) is 0.749. The third-order valence-corrected chi connectivity index (χ3v) is 5.08. The predicted octanol–water partition coefficient (Wildman–Crippen LogP) is 0.605. The second-order valence-electron chi connectivity index (χ2n) is 3.90. The minimum absolute atomic E-state index is 0.282. The Kier molecular flexibility index (Phi) is 3.09. The van der Waals surface area contributed by atoms with E-state index in [4.69, 9.17) is 4.74 Å². The maximum Gasteiger partial charge on any atom is 0.233 e. The molecule has 0 N–H and O–H groups in total. The van der Waals surface area contributed by atoms with E-state index in [2.05, 4.69) is 10.2 Å².